The van der Waals surface area contributed by atoms with E-state index >= 15 is 0 Å². The van der Waals surface area contributed by atoms with E-state index in [4.69, 9.17) is 0 Å². The largest absolute Gasteiger partial charge is 0.396 e. The number of carbonyl (C=O) groups is 1. The van der Waals surface area contributed by atoms with Crippen LogP contribution in [-0.2, 0) is 11.3 Å². The fourth-order valence-corrected chi connectivity index (χ4v) is 8.65. The molecule has 4 saturated carbocycles. The number of carbonyl (C=O) groups excluding carboxylic acids is 1. The Hall–Kier alpha value is -1.27. The first-order valence-corrected chi connectivity index (χ1v) is 12.0. The summed E-state index contributed by atoms with van der Waals surface area (Å²) in [6.07, 6.45) is 12.4. The van der Waals surface area contributed by atoms with Gasteiger partial charge in [-0.3, -0.25) is 4.79 Å². The molecule has 0 spiro atoms. The summed E-state index contributed by atoms with van der Waals surface area (Å²) in [7, 11) is 0. The lowest BCUT2D eigenvalue weighted by Gasteiger charge is -2.62. The topological polar surface area (TPSA) is 88.2 Å². The molecule has 4 aliphatic carbocycles. The third-order valence-corrected chi connectivity index (χ3v) is 10.1. The van der Waals surface area contributed by atoms with Gasteiger partial charge in [0.25, 0.3) is 0 Å². The standard InChI is InChI=1S/C24H37N3O3/c1-22(30)9-10-24(15-28)16(13-22)3-4-17-18-5-6-20(23(18,2)8-7-19(17)24)21(29)14-27-25-11-12-26-27/h11-12,16-20,28,30H,3-10,13-15H2,1-2H3/t16-,17-,18-,19-,20+,22+,23-,24?/m0/s1. The number of aliphatic hydroxyl groups is 2. The van der Waals surface area contributed by atoms with Crippen molar-refractivity contribution in [2.24, 2.45) is 40.4 Å². The molecule has 0 aromatic carbocycles. The Bertz CT molecular complexity index is 794. The highest BCUT2D eigenvalue weighted by atomic mass is 16.3. The van der Waals surface area contributed by atoms with E-state index in [-0.39, 0.29) is 35.7 Å². The van der Waals surface area contributed by atoms with Gasteiger partial charge in [-0.1, -0.05) is 6.92 Å². The first-order valence-electron chi connectivity index (χ1n) is 12.0. The van der Waals surface area contributed by atoms with E-state index in [2.05, 4.69) is 17.1 Å². The number of fused-ring (bicyclic) bond motifs is 5. The van der Waals surface area contributed by atoms with Gasteiger partial charge in [0, 0.05) is 12.5 Å². The highest BCUT2D eigenvalue weighted by Crippen LogP contribution is 2.68. The first-order chi connectivity index (χ1) is 14.3. The zero-order valence-corrected chi connectivity index (χ0v) is 18.5. The maximum Gasteiger partial charge on any atom is 0.159 e. The van der Waals surface area contributed by atoms with Gasteiger partial charge in [-0.2, -0.15) is 15.0 Å². The maximum atomic E-state index is 13.2. The molecule has 0 amide bonds. The Kier molecular flexibility index (Phi) is 4.90. The van der Waals surface area contributed by atoms with Gasteiger partial charge < -0.3 is 10.2 Å². The summed E-state index contributed by atoms with van der Waals surface area (Å²) in [5.74, 6) is 2.54. The number of nitrogens with zero attached hydrogens (tertiary/aromatic N) is 3. The number of hydrogen-bond donors (Lipinski definition) is 2. The molecule has 4 fully saturated rings. The van der Waals surface area contributed by atoms with Crippen LogP contribution in [0.4, 0.5) is 0 Å². The van der Waals surface area contributed by atoms with Crippen LogP contribution in [0.15, 0.2) is 12.4 Å². The molecular weight excluding hydrogens is 378 g/mol. The zero-order valence-electron chi connectivity index (χ0n) is 18.5. The Balaban J connectivity index is 1.38. The fourth-order valence-electron chi connectivity index (χ4n) is 8.65. The third-order valence-electron chi connectivity index (χ3n) is 10.1. The maximum absolute atomic E-state index is 13.2. The van der Waals surface area contributed by atoms with E-state index in [0.29, 0.717) is 23.7 Å². The quantitative estimate of drug-likeness (QED) is 0.788. The highest BCUT2D eigenvalue weighted by molar-refractivity contribution is 5.82. The van der Waals surface area contributed by atoms with Gasteiger partial charge in [0.15, 0.2) is 5.78 Å². The van der Waals surface area contributed by atoms with Crippen molar-refractivity contribution in [2.75, 3.05) is 6.61 Å². The molecule has 30 heavy (non-hydrogen) atoms. The van der Waals surface area contributed by atoms with Crippen molar-refractivity contribution in [2.45, 2.75) is 83.8 Å². The van der Waals surface area contributed by atoms with Crippen molar-refractivity contribution in [3.05, 3.63) is 12.4 Å². The van der Waals surface area contributed by atoms with Crippen LogP contribution < -0.4 is 0 Å². The number of aromatic nitrogens is 3. The number of ketones is 1. The normalized spacial score (nSPS) is 47.9. The summed E-state index contributed by atoms with van der Waals surface area (Å²) in [6.45, 7) is 4.88. The summed E-state index contributed by atoms with van der Waals surface area (Å²) < 4.78 is 0. The monoisotopic (exact) mass is 415 g/mol. The minimum Gasteiger partial charge on any atom is -0.396 e. The lowest BCUT2D eigenvalue weighted by atomic mass is 9.43. The second-order valence-electron chi connectivity index (χ2n) is 11.4. The van der Waals surface area contributed by atoms with Gasteiger partial charge in [-0.15, -0.1) is 0 Å². The van der Waals surface area contributed by atoms with Gasteiger partial charge in [-0.25, -0.2) is 0 Å². The minimum absolute atomic E-state index is 0.0203. The molecular formula is C24H37N3O3. The van der Waals surface area contributed by atoms with E-state index in [1.807, 2.05) is 6.92 Å². The SMILES string of the molecule is C[C@@]1(O)CCC2(CO)[C@@H](CC[C@@H]3[C@@H]2CC[C@]2(C)[C@@H](C(=O)Cn4nccn4)CC[C@@H]32)C1. The van der Waals surface area contributed by atoms with E-state index in [1.165, 1.54) is 11.2 Å². The van der Waals surface area contributed by atoms with E-state index in [9.17, 15) is 15.0 Å². The van der Waals surface area contributed by atoms with Crippen LogP contribution in [-0.4, -0.2) is 43.2 Å². The predicted octanol–water partition coefficient (Wildman–Crippen LogP) is 3.23. The van der Waals surface area contributed by atoms with Crippen molar-refractivity contribution in [1.82, 2.24) is 15.0 Å². The molecule has 0 aliphatic heterocycles. The Morgan fingerprint density at radius 3 is 2.53 bits per heavy atom. The van der Waals surface area contributed by atoms with Crippen LogP contribution in [0.1, 0.15) is 71.6 Å². The number of Topliss-reactive ketones (excluding diaryl/α,β-unsaturated/α-hetero) is 1. The minimum atomic E-state index is -0.579. The van der Waals surface area contributed by atoms with E-state index in [0.717, 1.165) is 51.4 Å². The average Bonchev–Trinajstić information content (AvgIpc) is 3.34. The molecule has 6 heteroatoms. The molecule has 1 unspecified atom stereocenters. The molecule has 166 valence electrons. The summed E-state index contributed by atoms with van der Waals surface area (Å²) in [5, 5.41) is 29.6. The average molecular weight is 416 g/mol. The van der Waals surface area contributed by atoms with Gasteiger partial charge in [0.05, 0.1) is 18.0 Å². The van der Waals surface area contributed by atoms with Crippen molar-refractivity contribution in [1.29, 1.82) is 0 Å². The molecule has 1 heterocycles. The summed E-state index contributed by atoms with van der Waals surface area (Å²) in [4.78, 5) is 14.7. The van der Waals surface area contributed by atoms with E-state index in [1.54, 1.807) is 12.4 Å². The second-order valence-corrected chi connectivity index (χ2v) is 11.4. The number of hydrogen-bond acceptors (Lipinski definition) is 5. The first kappa shape index (κ1) is 20.6. The van der Waals surface area contributed by atoms with Gasteiger partial charge in [0.2, 0.25) is 0 Å². The molecule has 5 rings (SSSR count). The number of aliphatic hydroxyl groups excluding tert-OH is 1. The van der Waals surface area contributed by atoms with Crippen molar-refractivity contribution >= 4 is 5.78 Å². The molecule has 2 N–H and O–H groups in total. The second kappa shape index (κ2) is 7.13. The van der Waals surface area contributed by atoms with Gasteiger partial charge in [-0.05, 0) is 99.2 Å². The molecule has 6 nitrogen and oxygen atoms in total. The highest BCUT2D eigenvalue weighted by Gasteiger charge is 2.62. The molecule has 8 atom stereocenters. The molecule has 0 radical (unpaired) electrons. The third kappa shape index (κ3) is 3.01. The lowest BCUT2D eigenvalue weighted by molar-refractivity contribution is -0.171. The lowest BCUT2D eigenvalue weighted by Crippen LogP contribution is -2.58. The Morgan fingerprint density at radius 2 is 1.80 bits per heavy atom. The van der Waals surface area contributed by atoms with Gasteiger partial charge in [0.1, 0.15) is 6.54 Å². The summed E-state index contributed by atoms with van der Waals surface area (Å²) in [6, 6.07) is 0. The smallest absolute Gasteiger partial charge is 0.159 e. The van der Waals surface area contributed by atoms with Crippen LogP contribution in [0.2, 0.25) is 0 Å². The van der Waals surface area contributed by atoms with Crippen LogP contribution >= 0.6 is 0 Å². The van der Waals surface area contributed by atoms with Crippen LogP contribution in [0, 0.1) is 40.4 Å². The number of rotatable bonds is 4. The molecule has 4 aliphatic rings. The van der Waals surface area contributed by atoms with E-state index < -0.39 is 5.60 Å². The Labute approximate surface area is 179 Å². The van der Waals surface area contributed by atoms with Gasteiger partial charge >= 0.3 is 0 Å². The van der Waals surface area contributed by atoms with Crippen molar-refractivity contribution in [3.63, 3.8) is 0 Å². The summed E-state index contributed by atoms with van der Waals surface area (Å²) in [5.41, 5.74) is -0.534. The Morgan fingerprint density at radius 1 is 1.03 bits per heavy atom. The molecule has 0 saturated heterocycles. The van der Waals surface area contributed by atoms with Crippen LogP contribution in [0.5, 0.6) is 0 Å². The van der Waals surface area contributed by atoms with Crippen LogP contribution in [0.3, 0.4) is 0 Å². The van der Waals surface area contributed by atoms with Crippen molar-refractivity contribution < 1.29 is 15.0 Å². The summed E-state index contributed by atoms with van der Waals surface area (Å²) >= 11 is 0. The predicted molar refractivity (Wildman–Crippen MR) is 112 cm³/mol. The molecule has 0 bridgehead atoms. The molecule has 1 aromatic heterocycles. The molecule has 1 aromatic rings. The zero-order chi connectivity index (χ0) is 21.1. The fraction of sp³-hybridized carbons (Fsp3) is 0.875. The van der Waals surface area contributed by atoms with Crippen molar-refractivity contribution in [3.8, 4) is 0 Å². The van der Waals surface area contributed by atoms with Crippen LogP contribution in [0.25, 0.3) is 0 Å².